The fourth-order valence-electron chi connectivity index (χ4n) is 2.59. The van der Waals surface area contributed by atoms with Crippen LogP contribution in [0.25, 0.3) is 0 Å². The predicted molar refractivity (Wildman–Crippen MR) is 55.4 cm³/mol. The Morgan fingerprint density at radius 1 is 0.600 bits per heavy atom. The van der Waals surface area contributed by atoms with Crippen LogP contribution in [0.3, 0.4) is 0 Å². The first-order valence-electron chi connectivity index (χ1n) is 6.17. The number of hydrogen-bond donors (Lipinski definition) is 0. The molecule has 2 aliphatic carbocycles. The minimum atomic E-state index is -0.619. The molecule has 2 fully saturated rings. The number of halogens is 2. The van der Waals surface area contributed by atoms with Crippen LogP contribution in [-0.2, 0) is 4.74 Å². The normalized spacial score (nSPS) is 42.8. The van der Waals surface area contributed by atoms with Crippen molar-refractivity contribution in [1.82, 2.24) is 0 Å². The van der Waals surface area contributed by atoms with Crippen molar-refractivity contribution in [2.24, 2.45) is 0 Å². The summed E-state index contributed by atoms with van der Waals surface area (Å²) < 4.78 is 31.7. The molecule has 0 aliphatic heterocycles. The molecule has 0 aromatic carbocycles. The minimum Gasteiger partial charge on any atom is -0.375 e. The first-order valence-corrected chi connectivity index (χ1v) is 6.17. The highest BCUT2D eigenvalue weighted by molar-refractivity contribution is 4.77. The molecule has 0 heterocycles. The van der Waals surface area contributed by atoms with Crippen LogP contribution in [0, 0.1) is 0 Å². The Morgan fingerprint density at radius 3 is 1.27 bits per heavy atom. The summed E-state index contributed by atoms with van der Waals surface area (Å²) in [5, 5.41) is 0. The largest absolute Gasteiger partial charge is 0.375 e. The summed E-state index contributed by atoms with van der Waals surface area (Å²) in [4.78, 5) is 0. The van der Waals surface area contributed by atoms with Gasteiger partial charge in [-0.15, -0.1) is 0 Å². The van der Waals surface area contributed by atoms with Gasteiger partial charge in [0.1, 0.15) is 12.3 Å². The van der Waals surface area contributed by atoms with Crippen molar-refractivity contribution in [2.45, 2.75) is 75.9 Å². The Kier molecular flexibility index (Phi) is 3.95. The van der Waals surface area contributed by atoms with Gasteiger partial charge in [-0.3, -0.25) is 0 Å². The third-order valence-corrected chi connectivity index (χ3v) is 3.59. The molecule has 2 saturated carbocycles. The molecule has 2 rings (SSSR count). The van der Waals surface area contributed by atoms with E-state index in [-0.39, 0.29) is 12.2 Å². The van der Waals surface area contributed by atoms with Crippen LogP contribution in [0.5, 0.6) is 0 Å². The van der Waals surface area contributed by atoms with Gasteiger partial charge in [-0.25, -0.2) is 8.78 Å². The van der Waals surface area contributed by atoms with Gasteiger partial charge < -0.3 is 4.74 Å². The number of ether oxygens (including phenoxy) is 1. The van der Waals surface area contributed by atoms with E-state index in [0.717, 1.165) is 25.7 Å². The van der Waals surface area contributed by atoms with E-state index in [1.807, 2.05) is 0 Å². The fourth-order valence-corrected chi connectivity index (χ4v) is 2.59. The zero-order chi connectivity index (χ0) is 10.7. The van der Waals surface area contributed by atoms with Crippen LogP contribution in [0.15, 0.2) is 0 Å². The van der Waals surface area contributed by atoms with Crippen molar-refractivity contribution >= 4 is 0 Å². The second-order valence-electron chi connectivity index (χ2n) is 4.88. The van der Waals surface area contributed by atoms with E-state index in [2.05, 4.69) is 0 Å². The van der Waals surface area contributed by atoms with Crippen molar-refractivity contribution < 1.29 is 13.5 Å². The molecule has 1 nitrogen and oxygen atoms in total. The maximum absolute atomic E-state index is 12.9. The van der Waals surface area contributed by atoms with Crippen LogP contribution in [0.4, 0.5) is 8.78 Å². The Hall–Kier alpha value is -0.180. The van der Waals surface area contributed by atoms with E-state index in [1.54, 1.807) is 0 Å². The lowest BCUT2D eigenvalue weighted by atomic mass is 9.93. The van der Waals surface area contributed by atoms with Gasteiger partial charge in [0, 0.05) is 0 Å². The molecule has 15 heavy (non-hydrogen) atoms. The van der Waals surface area contributed by atoms with Crippen molar-refractivity contribution in [3.8, 4) is 0 Å². The van der Waals surface area contributed by atoms with Crippen LogP contribution in [0.2, 0.25) is 0 Å². The lowest BCUT2D eigenvalue weighted by Crippen LogP contribution is -2.30. The second kappa shape index (κ2) is 5.24. The van der Waals surface area contributed by atoms with Gasteiger partial charge in [-0.05, 0) is 51.4 Å². The highest BCUT2D eigenvalue weighted by atomic mass is 19.1. The predicted octanol–water partition coefficient (Wildman–Crippen LogP) is 3.56. The molecule has 0 saturated heterocycles. The van der Waals surface area contributed by atoms with E-state index in [1.165, 1.54) is 0 Å². The highest BCUT2D eigenvalue weighted by Gasteiger charge is 2.26. The highest BCUT2D eigenvalue weighted by Crippen LogP contribution is 2.29. The molecule has 0 bridgehead atoms. The van der Waals surface area contributed by atoms with Gasteiger partial charge in [-0.1, -0.05) is 0 Å². The van der Waals surface area contributed by atoms with E-state index < -0.39 is 12.3 Å². The molecule has 0 amide bonds. The topological polar surface area (TPSA) is 9.23 Å². The van der Waals surface area contributed by atoms with Gasteiger partial charge >= 0.3 is 0 Å². The summed E-state index contributed by atoms with van der Waals surface area (Å²) in [5.74, 6) is 0. The van der Waals surface area contributed by atoms with Crippen LogP contribution in [0.1, 0.15) is 51.4 Å². The van der Waals surface area contributed by atoms with Gasteiger partial charge in [0.05, 0.1) is 12.2 Å². The van der Waals surface area contributed by atoms with Gasteiger partial charge in [0.15, 0.2) is 0 Å². The Morgan fingerprint density at radius 2 is 0.933 bits per heavy atom. The SMILES string of the molecule is FC1CCC(OC2CCC(F)CC2)CC1. The van der Waals surface area contributed by atoms with E-state index in [4.69, 9.17) is 4.74 Å². The average molecular weight is 218 g/mol. The Balaban J connectivity index is 1.68. The minimum absolute atomic E-state index is 0.234. The van der Waals surface area contributed by atoms with Gasteiger partial charge in [0.2, 0.25) is 0 Å². The summed E-state index contributed by atoms with van der Waals surface area (Å²) >= 11 is 0. The fraction of sp³-hybridized carbons (Fsp3) is 1.00. The molecule has 88 valence electrons. The molecule has 0 spiro atoms. The number of alkyl halides is 2. The molecule has 0 unspecified atom stereocenters. The summed E-state index contributed by atoms with van der Waals surface area (Å²) in [7, 11) is 0. The van der Waals surface area contributed by atoms with Gasteiger partial charge in [0.25, 0.3) is 0 Å². The summed E-state index contributed by atoms with van der Waals surface area (Å²) in [6.07, 6.45) is 5.17. The zero-order valence-corrected chi connectivity index (χ0v) is 9.13. The molecule has 0 aromatic rings. The maximum atomic E-state index is 12.9. The third kappa shape index (κ3) is 3.40. The quantitative estimate of drug-likeness (QED) is 0.688. The molecule has 2 aliphatic rings. The lowest BCUT2D eigenvalue weighted by Gasteiger charge is -2.31. The van der Waals surface area contributed by atoms with Crippen LogP contribution < -0.4 is 0 Å². The van der Waals surface area contributed by atoms with Crippen molar-refractivity contribution in [3.05, 3.63) is 0 Å². The first-order chi connectivity index (χ1) is 7.24. The number of rotatable bonds is 2. The molecule has 0 N–H and O–H groups in total. The summed E-state index contributed by atoms with van der Waals surface area (Å²) in [5.41, 5.74) is 0. The molecule has 0 atom stereocenters. The van der Waals surface area contributed by atoms with Crippen molar-refractivity contribution in [1.29, 1.82) is 0 Å². The van der Waals surface area contributed by atoms with Crippen molar-refractivity contribution in [2.75, 3.05) is 0 Å². The standard InChI is InChI=1S/C12H20F2O/c13-9-1-5-11(6-2-9)15-12-7-3-10(14)4-8-12/h9-12H,1-8H2. The van der Waals surface area contributed by atoms with Crippen LogP contribution >= 0.6 is 0 Å². The van der Waals surface area contributed by atoms with E-state index in [0.29, 0.717) is 25.7 Å². The van der Waals surface area contributed by atoms with Crippen molar-refractivity contribution in [3.63, 3.8) is 0 Å². The average Bonchev–Trinajstić information content (AvgIpc) is 2.25. The third-order valence-electron chi connectivity index (χ3n) is 3.59. The summed E-state index contributed by atoms with van der Waals surface area (Å²) in [6, 6.07) is 0. The van der Waals surface area contributed by atoms with Gasteiger partial charge in [-0.2, -0.15) is 0 Å². The molecule has 3 heteroatoms. The molecule has 0 aromatic heterocycles. The lowest BCUT2D eigenvalue weighted by molar-refractivity contribution is -0.0599. The maximum Gasteiger partial charge on any atom is 0.100 e. The molecule has 0 radical (unpaired) electrons. The van der Waals surface area contributed by atoms with E-state index >= 15 is 0 Å². The molecular weight excluding hydrogens is 198 g/mol. The Labute approximate surface area is 90.2 Å². The summed E-state index contributed by atoms with van der Waals surface area (Å²) in [6.45, 7) is 0. The Bertz CT molecular complexity index is 162. The molecular formula is C12H20F2O. The van der Waals surface area contributed by atoms with Crippen LogP contribution in [-0.4, -0.2) is 24.6 Å². The first kappa shape index (κ1) is 11.3. The van der Waals surface area contributed by atoms with E-state index in [9.17, 15) is 8.78 Å². The zero-order valence-electron chi connectivity index (χ0n) is 9.13. The number of hydrogen-bond acceptors (Lipinski definition) is 1. The monoisotopic (exact) mass is 218 g/mol. The smallest absolute Gasteiger partial charge is 0.100 e. The second-order valence-corrected chi connectivity index (χ2v) is 4.88.